The smallest absolute Gasteiger partial charge is 0.254 e. The zero-order chi connectivity index (χ0) is 18.3. The summed E-state index contributed by atoms with van der Waals surface area (Å²) in [6.45, 7) is 0.925. The Morgan fingerprint density at radius 1 is 0.923 bits per heavy atom. The normalized spacial score (nSPS) is 16.4. The molecule has 0 fully saturated rings. The molecule has 1 aliphatic heterocycles. The maximum atomic E-state index is 14.5. The lowest BCUT2D eigenvalue weighted by Gasteiger charge is -2.37. The molecule has 3 aromatic rings. The van der Waals surface area contributed by atoms with Gasteiger partial charge >= 0.3 is 0 Å². The van der Waals surface area contributed by atoms with Gasteiger partial charge in [-0.2, -0.15) is 0 Å². The quantitative estimate of drug-likeness (QED) is 0.677. The summed E-state index contributed by atoms with van der Waals surface area (Å²) in [6.07, 6.45) is 1.86. The average molecular weight is 356 g/mol. The number of rotatable bonds is 2. The van der Waals surface area contributed by atoms with E-state index in [0.717, 1.165) is 11.8 Å². The third-order valence-electron chi connectivity index (χ3n) is 4.65. The second-order valence-corrected chi connectivity index (χ2v) is 6.20. The van der Waals surface area contributed by atoms with Crippen molar-refractivity contribution in [2.75, 3.05) is 6.54 Å². The SMILES string of the molecule is O=C(c1ccc(F)cc1)N1CCn2cccc2[C@H]1c1ccc(F)cc1F. The van der Waals surface area contributed by atoms with Crippen LogP contribution in [0.3, 0.4) is 0 Å². The first-order valence-electron chi connectivity index (χ1n) is 8.21. The Morgan fingerprint density at radius 2 is 1.65 bits per heavy atom. The summed E-state index contributed by atoms with van der Waals surface area (Å²) in [5.74, 6) is -2.14. The maximum Gasteiger partial charge on any atom is 0.254 e. The molecule has 0 saturated heterocycles. The molecule has 4 rings (SSSR count). The molecule has 3 nitrogen and oxygen atoms in total. The highest BCUT2D eigenvalue weighted by Crippen LogP contribution is 2.35. The number of hydrogen-bond acceptors (Lipinski definition) is 1. The zero-order valence-corrected chi connectivity index (χ0v) is 13.7. The van der Waals surface area contributed by atoms with Crippen molar-refractivity contribution in [1.29, 1.82) is 0 Å². The molecule has 0 radical (unpaired) electrons. The number of fused-ring (bicyclic) bond motifs is 1. The first-order chi connectivity index (χ1) is 12.5. The van der Waals surface area contributed by atoms with Crippen LogP contribution in [-0.2, 0) is 6.54 Å². The monoisotopic (exact) mass is 356 g/mol. The van der Waals surface area contributed by atoms with Gasteiger partial charge in [-0.3, -0.25) is 4.79 Å². The number of benzene rings is 2. The molecular formula is C20H15F3N2O. The van der Waals surface area contributed by atoms with E-state index in [9.17, 15) is 18.0 Å². The van der Waals surface area contributed by atoms with Gasteiger partial charge < -0.3 is 9.47 Å². The van der Waals surface area contributed by atoms with E-state index in [1.807, 2.05) is 22.9 Å². The Balaban J connectivity index is 1.80. The van der Waals surface area contributed by atoms with Gasteiger partial charge in [0.15, 0.2) is 0 Å². The molecule has 1 aliphatic rings. The van der Waals surface area contributed by atoms with Gasteiger partial charge in [0, 0.05) is 42.2 Å². The molecule has 0 N–H and O–H groups in total. The van der Waals surface area contributed by atoms with Crippen molar-refractivity contribution in [2.24, 2.45) is 0 Å². The Bertz CT molecular complexity index is 965. The van der Waals surface area contributed by atoms with Crippen molar-refractivity contribution in [3.8, 4) is 0 Å². The number of carbonyl (C=O) groups is 1. The van der Waals surface area contributed by atoms with E-state index < -0.39 is 23.5 Å². The fraction of sp³-hybridized carbons (Fsp3) is 0.150. The van der Waals surface area contributed by atoms with Crippen molar-refractivity contribution < 1.29 is 18.0 Å². The van der Waals surface area contributed by atoms with Crippen LogP contribution in [0.25, 0.3) is 0 Å². The predicted molar refractivity (Wildman–Crippen MR) is 90.1 cm³/mol. The topological polar surface area (TPSA) is 25.2 Å². The minimum atomic E-state index is -0.707. The summed E-state index contributed by atoms with van der Waals surface area (Å²) in [4.78, 5) is 14.5. The van der Waals surface area contributed by atoms with Crippen LogP contribution in [0.15, 0.2) is 60.8 Å². The number of amides is 1. The summed E-state index contributed by atoms with van der Waals surface area (Å²) in [6, 6.07) is 11.6. The van der Waals surface area contributed by atoms with E-state index in [0.29, 0.717) is 18.7 Å². The lowest BCUT2D eigenvalue weighted by Crippen LogP contribution is -2.42. The van der Waals surface area contributed by atoms with Crippen LogP contribution in [0.1, 0.15) is 27.7 Å². The second-order valence-electron chi connectivity index (χ2n) is 6.20. The van der Waals surface area contributed by atoms with Gasteiger partial charge in [0.25, 0.3) is 5.91 Å². The molecule has 6 heteroatoms. The Labute approximate surface area is 148 Å². The highest BCUT2D eigenvalue weighted by Gasteiger charge is 2.34. The summed E-state index contributed by atoms with van der Waals surface area (Å²) in [5.41, 5.74) is 1.29. The Hall–Kier alpha value is -3.02. The van der Waals surface area contributed by atoms with Gasteiger partial charge in [-0.25, -0.2) is 13.2 Å². The van der Waals surface area contributed by atoms with Gasteiger partial charge in [-0.1, -0.05) is 6.07 Å². The number of halogens is 3. The molecule has 132 valence electrons. The van der Waals surface area contributed by atoms with Crippen LogP contribution in [0.5, 0.6) is 0 Å². The van der Waals surface area contributed by atoms with Gasteiger partial charge in [-0.15, -0.1) is 0 Å². The molecular weight excluding hydrogens is 341 g/mol. The van der Waals surface area contributed by atoms with E-state index in [4.69, 9.17) is 0 Å². The maximum absolute atomic E-state index is 14.5. The van der Waals surface area contributed by atoms with Crippen LogP contribution in [0, 0.1) is 17.5 Å². The lowest BCUT2D eigenvalue weighted by molar-refractivity contribution is 0.0661. The Morgan fingerprint density at radius 3 is 2.38 bits per heavy atom. The highest BCUT2D eigenvalue weighted by atomic mass is 19.1. The van der Waals surface area contributed by atoms with Crippen LogP contribution in [0.4, 0.5) is 13.2 Å². The first-order valence-corrected chi connectivity index (χ1v) is 8.21. The summed E-state index contributed by atoms with van der Waals surface area (Å²) >= 11 is 0. The molecule has 0 unspecified atom stereocenters. The fourth-order valence-electron chi connectivity index (χ4n) is 3.41. The summed E-state index contributed by atoms with van der Waals surface area (Å²) in [7, 11) is 0. The molecule has 0 spiro atoms. The van der Waals surface area contributed by atoms with E-state index in [1.165, 1.54) is 36.4 Å². The summed E-state index contributed by atoms with van der Waals surface area (Å²) in [5, 5.41) is 0. The van der Waals surface area contributed by atoms with Crippen molar-refractivity contribution in [1.82, 2.24) is 9.47 Å². The van der Waals surface area contributed by atoms with Gasteiger partial charge in [0.2, 0.25) is 0 Å². The van der Waals surface area contributed by atoms with Gasteiger partial charge in [-0.05, 0) is 42.5 Å². The van der Waals surface area contributed by atoms with Gasteiger partial charge in [0.1, 0.15) is 23.5 Å². The molecule has 1 atom stereocenters. The van der Waals surface area contributed by atoms with Crippen LogP contribution < -0.4 is 0 Å². The lowest BCUT2D eigenvalue weighted by atomic mass is 9.98. The van der Waals surface area contributed by atoms with Crippen LogP contribution in [0.2, 0.25) is 0 Å². The molecule has 2 heterocycles. The third-order valence-corrected chi connectivity index (χ3v) is 4.65. The second kappa shape index (κ2) is 6.37. The highest BCUT2D eigenvalue weighted by molar-refractivity contribution is 5.94. The largest absolute Gasteiger partial charge is 0.348 e. The molecule has 1 amide bonds. The summed E-state index contributed by atoms with van der Waals surface area (Å²) < 4.78 is 43.0. The molecule has 2 aromatic carbocycles. The van der Waals surface area contributed by atoms with E-state index in [1.54, 1.807) is 4.90 Å². The molecule has 0 bridgehead atoms. The number of nitrogens with zero attached hydrogens (tertiary/aromatic N) is 2. The third kappa shape index (κ3) is 2.77. The molecule has 1 aromatic heterocycles. The predicted octanol–water partition coefficient (Wildman–Crippen LogP) is 4.15. The van der Waals surface area contributed by atoms with Gasteiger partial charge in [0.05, 0.1) is 0 Å². The molecule has 0 aliphatic carbocycles. The molecule has 26 heavy (non-hydrogen) atoms. The average Bonchev–Trinajstić information content (AvgIpc) is 3.10. The minimum Gasteiger partial charge on any atom is -0.348 e. The fourth-order valence-corrected chi connectivity index (χ4v) is 3.41. The number of hydrogen-bond donors (Lipinski definition) is 0. The van der Waals surface area contributed by atoms with Crippen molar-refractivity contribution in [3.05, 3.63) is 95.1 Å². The van der Waals surface area contributed by atoms with E-state index in [-0.39, 0.29) is 11.5 Å². The van der Waals surface area contributed by atoms with Crippen molar-refractivity contribution in [3.63, 3.8) is 0 Å². The van der Waals surface area contributed by atoms with Crippen molar-refractivity contribution in [2.45, 2.75) is 12.6 Å². The first kappa shape index (κ1) is 16.4. The van der Waals surface area contributed by atoms with E-state index >= 15 is 0 Å². The standard InChI is InChI=1S/C20H15F3N2O/c21-14-5-3-13(4-6-14)20(26)25-11-10-24-9-1-2-18(24)19(25)16-8-7-15(22)12-17(16)23/h1-9,12,19H,10-11H2/t19-/m1/s1. The number of carbonyl (C=O) groups excluding carboxylic acids is 1. The van der Waals surface area contributed by atoms with Crippen LogP contribution >= 0.6 is 0 Å². The van der Waals surface area contributed by atoms with E-state index in [2.05, 4.69) is 0 Å². The van der Waals surface area contributed by atoms with Crippen LogP contribution in [-0.4, -0.2) is 21.9 Å². The minimum absolute atomic E-state index is 0.224. The molecule has 0 saturated carbocycles. The number of aromatic nitrogens is 1. The van der Waals surface area contributed by atoms with Crippen molar-refractivity contribution >= 4 is 5.91 Å². The Kier molecular flexibility index (Phi) is 4.03. The zero-order valence-electron chi connectivity index (χ0n) is 13.7.